The fourth-order valence-electron chi connectivity index (χ4n) is 4.23. The van der Waals surface area contributed by atoms with Crippen molar-refractivity contribution in [3.63, 3.8) is 0 Å². The van der Waals surface area contributed by atoms with Gasteiger partial charge in [0.1, 0.15) is 11.4 Å². The van der Waals surface area contributed by atoms with E-state index in [2.05, 4.69) is 48.9 Å². The summed E-state index contributed by atoms with van der Waals surface area (Å²) in [6, 6.07) is 15.8. The quantitative estimate of drug-likeness (QED) is 0.338. The lowest BCUT2D eigenvalue weighted by Gasteiger charge is -2.12. The number of hydrogen-bond donors (Lipinski definition) is 0. The van der Waals surface area contributed by atoms with Crippen LogP contribution in [0.3, 0.4) is 0 Å². The Labute approximate surface area is 167 Å². The zero-order valence-electron chi connectivity index (χ0n) is 16.5. The van der Waals surface area contributed by atoms with Gasteiger partial charge in [-0.15, -0.1) is 0 Å². The van der Waals surface area contributed by atoms with Gasteiger partial charge in [-0.2, -0.15) is 0 Å². The van der Waals surface area contributed by atoms with Crippen LogP contribution < -0.4 is 0 Å². The van der Waals surface area contributed by atoms with Crippen LogP contribution in [0.5, 0.6) is 0 Å². The Balaban J connectivity index is 1.73. The lowest BCUT2D eigenvalue weighted by Crippen LogP contribution is -1.92. The van der Waals surface area contributed by atoms with Crippen LogP contribution in [-0.2, 0) is 0 Å². The average Bonchev–Trinajstić information content (AvgIpc) is 3.05. The molecule has 5 aromatic rings. The van der Waals surface area contributed by atoms with Crippen LogP contribution in [0.1, 0.15) is 16.7 Å². The van der Waals surface area contributed by atoms with Crippen molar-refractivity contribution in [2.45, 2.75) is 20.8 Å². The summed E-state index contributed by atoms with van der Waals surface area (Å²) >= 11 is 0. The molecule has 0 aliphatic rings. The fraction of sp³-hybridized carbons (Fsp3) is 0.120. The topological polar surface area (TPSA) is 38.9 Å². The molecule has 0 fully saturated rings. The average molecular weight is 382 g/mol. The molecule has 2 aromatic carbocycles. The van der Waals surface area contributed by atoms with E-state index < -0.39 is 0 Å². The minimum absolute atomic E-state index is 0.379. The standard InChI is InChI=1S/C25H19FN2O/c1-14-9-15(2)23(16(3)10-14)17-7-8-27-22(11-17)20-6-4-5-19-21-12-18(26)13-28-25(21)29-24(19)20/h4-13H,1-3H3. The van der Waals surface area contributed by atoms with Gasteiger partial charge in [0, 0.05) is 17.1 Å². The van der Waals surface area contributed by atoms with Gasteiger partial charge in [0.15, 0.2) is 0 Å². The third-order valence-electron chi connectivity index (χ3n) is 5.32. The molecule has 0 spiro atoms. The van der Waals surface area contributed by atoms with E-state index in [1.54, 1.807) is 0 Å². The van der Waals surface area contributed by atoms with Crippen LogP contribution >= 0.6 is 0 Å². The van der Waals surface area contributed by atoms with Gasteiger partial charge in [-0.05, 0) is 67.3 Å². The molecule has 29 heavy (non-hydrogen) atoms. The maximum Gasteiger partial charge on any atom is 0.227 e. The highest BCUT2D eigenvalue weighted by Gasteiger charge is 2.15. The molecule has 5 rings (SSSR count). The first-order valence-corrected chi connectivity index (χ1v) is 9.52. The van der Waals surface area contributed by atoms with Crippen molar-refractivity contribution in [3.8, 4) is 22.4 Å². The molecule has 3 heterocycles. The van der Waals surface area contributed by atoms with Crippen LogP contribution in [0, 0.1) is 26.6 Å². The van der Waals surface area contributed by atoms with Gasteiger partial charge in [-0.3, -0.25) is 4.98 Å². The molecule has 0 aliphatic heterocycles. The molecule has 0 atom stereocenters. The van der Waals surface area contributed by atoms with Gasteiger partial charge in [0.25, 0.3) is 0 Å². The van der Waals surface area contributed by atoms with Crippen molar-refractivity contribution >= 4 is 22.1 Å². The predicted octanol–water partition coefficient (Wildman–Crippen LogP) is 6.77. The second-order valence-corrected chi connectivity index (χ2v) is 7.49. The van der Waals surface area contributed by atoms with Crippen molar-refractivity contribution in [1.82, 2.24) is 9.97 Å². The van der Waals surface area contributed by atoms with E-state index in [9.17, 15) is 4.39 Å². The molecule has 142 valence electrons. The number of aryl methyl sites for hydroxylation is 3. The number of furan rings is 1. The summed E-state index contributed by atoms with van der Waals surface area (Å²) in [4.78, 5) is 8.68. The number of pyridine rings is 2. The summed E-state index contributed by atoms with van der Waals surface area (Å²) in [7, 11) is 0. The summed E-state index contributed by atoms with van der Waals surface area (Å²) in [5.74, 6) is -0.379. The maximum absolute atomic E-state index is 13.7. The Morgan fingerprint density at radius 1 is 0.862 bits per heavy atom. The largest absolute Gasteiger partial charge is 0.437 e. The molecule has 0 N–H and O–H groups in total. The van der Waals surface area contributed by atoms with Gasteiger partial charge in [-0.25, -0.2) is 9.37 Å². The zero-order chi connectivity index (χ0) is 20.1. The van der Waals surface area contributed by atoms with Crippen molar-refractivity contribution in [3.05, 3.63) is 83.4 Å². The minimum Gasteiger partial charge on any atom is -0.437 e. The van der Waals surface area contributed by atoms with Gasteiger partial charge in [-0.1, -0.05) is 29.8 Å². The molecule has 4 heteroatoms. The highest BCUT2D eigenvalue weighted by atomic mass is 19.1. The number of benzene rings is 2. The van der Waals surface area contributed by atoms with E-state index in [1.807, 2.05) is 30.5 Å². The molecule has 0 unspecified atom stereocenters. The molecule has 3 aromatic heterocycles. The lowest BCUT2D eigenvalue weighted by molar-refractivity contribution is 0.614. The zero-order valence-corrected chi connectivity index (χ0v) is 16.5. The third kappa shape index (κ3) is 2.88. The SMILES string of the molecule is Cc1cc(C)c(-c2ccnc(-c3cccc4c3oc3ncc(F)cc34)c2)c(C)c1. The van der Waals surface area contributed by atoms with Crippen LogP contribution in [-0.4, -0.2) is 9.97 Å². The summed E-state index contributed by atoms with van der Waals surface area (Å²) in [6.45, 7) is 6.38. The second-order valence-electron chi connectivity index (χ2n) is 7.49. The van der Waals surface area contributed by atoms with E-state index in [1.165, 1.54) is 34.5 Å². The molecule has 0 saturated carbocycles. The number of aromatic nitrogens is 2. The number of para-hydroxylation sites is 1. The summed E-state index contributed by atoms with van der Waals surface area (Å²) in [6.07, 6.45) is 3.00. The van der Waals surface area contributed by atoms with Gasteiger partial charge < -0.3 is 4.42 Å². The van der Waals surface area contributed by atoms with Gasteiger partial charge in [0.05, 0.1) is 17.3 Å². The molecule has 0 amide bonds. The number of nitrogens with zero attached hydrogens (tertiary/aromatic N) is 2. The van der Waals surface area contributed by atoms with Gasteiger partial charge in [0.2, 0.25) is 5.71 Å². The molecular formula is C25H19FN2O. The predicted molar refractivity (Wildman–Crippen MR) is 114 cm³/mol. The first-order chi connectivity index (χ1) is 14.0. The number of hydrogen-bond acceptors (Lipinski definition) is 3. The first kappa shape index (κ1) is 17.6. The molecule has 0 radical (unpaired) electrons. The fourth-order valence-corrected chi connectivity index (χ4v) is 4.23. The molecule has 0 bridgehead atoms. The van der Waals surface area contributed by atoms with Crippen LogP contribution in [0.4, 0.5) is 4.39 Å². The van der Waals surface area contributed by atoms with Crippen molar-refractivity contribution in [2.24, 2.45) is 0 Å². The highest BCUT2D eigenvalue weighted by Crippen LogP contribution is 2.36. The third-order valence-corrected chi connectivity index (χ3v) is 5.32. The molecule has 3 nitrogen and oxygen atoms in total. The van der Waals surface area contributed by atoms with E-state index in [0.717, 1.165) is 22.2 Å². The highest BCUT2D eigenvalue weighted by molar-refractivity contribution is 6.08. The lowest BCUT2D eigenvalue weighted by atomic mass is 9.93. The van der Waals surface area contributed by atoms with Crippen LogP contribution in [0.25, 0.3) is 44.5 Å². The van der Waals surface area contributed by atoms with E-state index in [0.29, 0.717) is 16.7 Å². The van der Waals surface area contributed by atoms with Crippen molar-refractivity contribution in [2.75, 3.05) is 0 Å². The van der Waals surface area contributed by atoms with Crippen molar-refractivity contribution in [1.29, 1.82) is 0 Å². The Morgan fingerprint density at radius 3 is 2.45 bits per heavy atom. The summed E-state index contributed by atoms with van der Waals surface area (Å²) in [5.41, 5.74) is 8.84. The maximum atomic E-state index is 13.7. The Bertz CT molecular complexity index is 1380. The number of fused-ring (bicyclic) bond motifs is 3. The molecule has 0 saturated heterocycles. The number of halogens is 1. The minimum atomic E-state index is -0.379. The second kappa shape index (κ2) is 6.52. The first-order valence-electron chi connectivity index (χ1n) is 9.52. The van der Waals surface area contributed by atoms with E-state index >= 15 is 0 Å². The molecular weight excluding hydrogens is 363 g/mol. The normalized spacial score (nSPS) is 11.4. The monoisotopic (exact) mass is 382 g/mol. The Kier molecular flexibility index (Phi) is 3.95. The Morgan fingerprint density at radius 2 is 1.66 bits per heavy atom. The smallest absolute Gasteiger partial charge is 0.227 e. The van der Waals surface area contributed by atoms with E-state index in [4.69, 9.17) is 4.42 Å². The molecule has 0 aliphatic carbocycles. The van der Waals surface area contributed by atoms with Crippen LogP contribution in [0.15, 0.2) is 65.3 Å². The summed E-state index contributed by atoms with van der Waals surface area (Å²) < 4.78 is 19.7. The Hall–Kier alpha value is -3.53. The van der Waals surface area contributed by atoms with Crippen LogP contribution in [0.2, 0.25) is 0 Å². The summed E-state index contributed by atoms with van der Waals surface area (Å²) in [5, 5.41) is 1.50. The van der Waals surface area contributed by atoms with Gasteiger partial charge >= 0.3 is 0 Å². The number of rotatable bonds is 2. The van der Waals surface area contributed by atoms with Crippen molar-refractivity contribution < 1.29 is 8.81 Å². The van der Waals surface area contributed by atoms with E-state index in [-0.39, 0.29) is 5.82 Å².